The van der Waals surface area contributed by atoms with Crippen molar-refractivity contribution in [3.05, 3.63) is 46.4 Å². The summed E-state index contributed by atoms with van der Waals surface area (Å²) in [6.07, 6.45) is 2.76. The summed E-state index contributed by atoms with van der Waals surface area (Å²) >= 11 is 1.29. The standard InChI is InChI=1S/C17H22N4O3S/c1-24-11-5-10-21-16(23)19-20-17(21)25-14(12-6-3-2-4-7-12)15(22)18-13-8-9-13/h2-4,6-7,13-14H,5,8-11H2,1H3,(H,18,22)(H,19,23)/t14-/m0/s1. The van der Waals surface area contributed by atoms with Gasteiger partial charge in [-0.3, -0.25) is 9.36 Å². The summed E-state index contributed by atoms with van der Waals surface area (Å²) in [5.41, 5.74) is 0.623. The summed E-state index contributed by atoms with van der Waals surface area (Å²) in [7, 11) is 1.63. The second-order valence-corrected chi connectivity index (χ2v) is 7.07. The predicted molar refractivity (Wildman–Crippen MR) is 95.5 cm³/mol. The average Bonchev–Trinajstić information content (AvgIpc) is 3.37. The van der Waals surface area contributed by atoms with Crippen LogP contribution in [0.4, 0.5) is 0 Å². The number of hydrogen-bond acceptors (Lipinski definition) is 5. The molecule has 0 spiro atoms. The van der Waals surface area contributed by atoms with Crippen molar-refractivity contribution in [1.29, 1.82) is 0 Å². The summed E-state index contributed by atoms with van der Waals surface area (Å²) in [6, 6.07) is 9.85. The Labute approximate surface area is 150 Å². The molecule has 1 atom stereocenters. The van der Waals surface area contributed by atoms with Gasteiger partial charge in [-0.1, -0.05) is 42.1 Å². The van der Waals surface area contributed by atoms with Crippen LogP contribution >= 0.6 is 11.8 Å². The zero-order valence-corrected chi connectivity index (χ0v) is 14.9. The Morgan fingerprint density at radius 3 is 2.88 bits per heavy atom. The first kappa shape index (κ1) is 17.8. The van der Waals surface area contributed by atoms with Crippen molar-refractivity contribution in [2.24, 2.45) is 0 Å². The molecule has 2 aromatic rings. The smallest absolute Gasteiger partial charge is 0.343 e. The number of methoxy groups -OCH3 is 1. The van der Waals surface area contributed by atoms with Crippen molar-refractivity contribution in [3.8, 4) is 0 Å². The molecule has 1 aromatic carbocycles. The van der Waals surface area contributed by atoms with Crippen LogP contribution in [0.2, 0.25) is 0 Å². The van der Waals surface area contributed by atoms with E-state index in [2.05, 4.69) is 15.5 Å². The van der Waals surface area contributed by atoms with Gasteiger partial charge in [-0.05, 0) is 24.8 Å². The molecule has 7 nitrogen and oxygen atoms in total. The molecule has 1 amide bonds. The van der Waals surface area contributed by atoms with E-state index >= 15 is 0 Å². The van der Waals surface area contributed by atoms with Crippen LogP contribution in [0.1, 0.15) is 30.1 Å². The van der Waals surface area contributed by atoms with Gasteiger partial charge in [0.1, 0.15) is 5.25 Å². The minimum Gasteiger partial charge on any atom is -0.385 e. The van der Waals surface area contributed by atoms with Gasteiger partial charge in [0.25, 0.3) is 0 Å². The SMILES string of the molecule is COCCCn1c(S[C@H](C(=O)NC2CC2)c2ccccc2)n[nH]c1=O. The molecule has 0 saturated heterocycles. The summed E-state index contributed by atoms with van der Waals surface area (Å²) in [5, 5.41) is 9.70. The largest absolute Gasteiger partial charge is 0.385 e. The molecule has 1 saturated carbocycles. The molecule has 0 radical (unpaired) electrons. The fraction of sp³-hybridized carbons (Fsp3) is 0.471. The van der Waals surface area contributed by atoms with E-state index < -0.39 is 5.25 Å². The highest BCUT2D eigenvalue weighted by atomic mass is 32.2. The summed E-state index contributed by atoms with van der Waals surface area (Å²) < 4.78 is 6.60. The quantitative estimate of drug-likeness (QED) is 0.524. The molecule has 3 rings (SSSR count). The lowest BCUT2D eigenvalue weighted by Crippen LogP contribution is -2.30. The number of nitrogens with one attached hydrogen (secondary N) is 2. The number of nitrogens with zero attached hydrogens (tertiary/aromatic N) is 2. The fourth-order valence-electron chi connectivity index (χ4n) is 2.47. The van der Waals surface area contributed by atoms with Gasteiger partial charge < -0.3 is 10.1 Å². The number of carbonyl (C=O) groups is 1. The Bertz CT molecular complexity index is 755. The second kappa shape index (κ2) is 8.35. The average molecular weight is 362 g/mol. The Hall–Kier alpha value is -2.06. The molecule has 1 fully saturated rings. The molecule has 1 heterocycles. The van der Waals surface area contributed by atoms with E-state index in [1.54, 1.807) is 11.7 Å². The number of benzene rings is 1. The molecule has 0 unspecified atom stereocenters. The van der Waals surface area contributed by atoms with Crippen LogP contribution in [0.25, 0.3) is 0 Å². The van der Waals surface area contributed by atoms with Gasteiger partial charge in [-0.25, -0.2) is 9.89 Å². The van der Waals surface area contributed by atoms with Gasteiger partial charge in [-0.15, -0.1) is 5.10 Å². The number of amides is 1. The maximum absolute atomic E-state index is 12.7. The maximum atomic E-state index is 12.7. The first-order valence-electron chi connectivity index (χ1n) is 8.35. The first-order chi connectivity index (χ1) is 12.2. The summed E-state index contributed by atoms with van der Waals surface area (Å²) in [4.78, 5) is 24.7. The highest BCUT2D eigenvalue weighted by Gasteiger charge is 2.30. The molecule has 2 N–H and O–H groups in total. The van der Waals surface area contributed by atoms with E-state index in [0.29, 0.717) is 24.7 Å². The van der Waals surface area contributed by atoms with Crippen molar-refractivity contribution < 1.29 is 9.53 Å². The van der Waals surface area contributed by atoms with Crippen LogP contribution < -0.4 is 11.0 Å². The van der Waals surface area contributed by atoms with E-state index in [0.717, 1.165) is 18.4 Å². The number of rotatable bonds is 9. The first-order valence-corrected chi connectivity index (χ1v) is 9.23. The number of aromatic nitrogens is 3. The Morgan fingerprint density at radius 1 is 1.44 bits per heavy atom. The number of ether oxygens (including phenoxy) is 1. The molecule has 1 aromatic heterocycles. The minimum atomic E-state index is -0.446. The normalized spacial score (nSPS) is 15.1. The van der Waals surface area contributed by atoms with Gasteiger partial charge in [0, 0.05) is 26.3 Å². The minimum absolute atomic E-state index is 0.0439. The van der Waals surface area contributed by atoms with Crippen molar-refractivity contribution in [3.63, 3.8) is 0 Å². The van der Waals surface area contributed by atoms with E-state index in [4.69, 9.17) is 4.74 Å². The van der Waals surface area contributed by atoms with Crippen LogP contribution in [0, 0.1) is 0 Å². The van der Waals surface area contributed by atoms with Crippen LogP contribution in [0.3, 0.4) is 0 Å². The third-order valence-corrected chi connectivity index (χ3v) is 5.19. The Balaban J connectivity index is 1.80. The number of aromatic amines is 1. The van der Waals surface area contributed by atoms with E-state index in [-0.39, 0.29) is 17.6 Å². The number of hydrogen-bond donors (Lipinski definition) is 2. The molecule has 25 heavy (non-hydrogen) atoms. The Kier molecular flexibility index (Phi) is 5.93. The molecule has 1 aliphatic rings. The monoisotopic (exact) mass is 362 g/mol. The lowest BCUT2D eigenvalue weighted by molar-refractivity contribution is -0.120. The number of carbonyl (C=O) groups excluding carboxylic acids is 1. The highest BCUT2D eigenvalue weighted by Crippen LogP contribution is 2.35. The molecule has 0 aliphatic heterocycles. The Morgan fingerprint density at radius 2 is 2.20 bits per heavy atom. The van der Waals surface area contributed by atoms with Gasteiger partial charge in [0.05, 0.1) is 0 Å². The van der Waals surface area contributed by atoms with Crippen LogP contribution in [0.5, 0.6) is 0 Å². The van der Waals surface area contributed by atoms with E-state index in [1.165, 1.54) is 11.8 Å². The lowest BCUT2D eigenvalue weighted by Gasteiger charge is -2.16. The van der Waals surface area contributed by atoms with Gasteiger partial charge in [0.15, 0.2) is 5.16 Å². The van der Waals surface area contributed by atoms with Crippen LogP contribution in [-0.4, -0.2) is 40.4 Å². The predicted octanol–water partition coefficient (Wildman–Crippen LogP) is 1.72. The summed E-state index contributed by atoms with van der Waals surface area (Å²) in [6.45, 7) is 1.06. The molecular formula is C17H22N4O3S. The molecule has 8 heteroatoms. The van der Waals surface area contributed by atoms with Gasteiger partial charge >= 0.3 is 5.69 Å². The summed E-state index contributed by atoms with van der Waals surface area (Å²) in [5.74, 6) is -0.0439. The number of thioether (sulfide) groups is 1. The highest BCUT2D eigenvalue weighted by molar-refractivity contribution is 8.00. The second-order valence-electron chi connectivity index (χ2n) is 6.00. The van der Waals surface area contributed by atoms with Gasteiger partial charge in [-0.2, -0.15) is 0 Å². The van der Waals surface area contributed by atoms with Crippen LogP contribution in [0.15, 0.2) is 40.3 Å². The van der Waals surface area contributed by atoms with Crippen molar-refractivity contribution in [1.82, 2.24) is 20.1 Å². The molecule has 0 bridgehead atoms. The third-order valence-electron chi connectivity index (χ3n) is 3.94. The van der Waals surface area contributed by atoms with Crippen LogP contribution in [-0.2, 0) is 16.1 Å². The zero-order chi connectivity index (χ0) is 17.6. The van der Waals surface area contributed by atoms with Crippen molar-refractivity contribution >= 4 is 17.7 Å². The van der Waals surface area contributed by atoms with Crippen molar-refractivity contribution in [2.75, 3.05) is 13.7 Å². The van der Waals surface area contributed by atoms with Gasteiger partial charge in [0.2, 0.25) is 5.91 Å². The van der Waals surface area contributed by atoms with Crippen molar-refractivity contribution in [2.45, 2.75) is 42.3 Å². The zero-order valence-electron chi connectivity index (χ0n) is 14.1. The van der Waals surface area contributed by atoms with E-state index in [1.807, 2.05) is 30.3 Å². The molecule has 1 aliphatic carbocycles. The topological polar surface area (TPSA) is 89.0 Å². The lowest BCUT2D eigenvalue weighted by atomic mass is 10.1. The molecule has 134 valence electrons. The number of H-pyrrole nitrogens is 1. The molecular weight excluding hydrogens is 340 g/mol. The third kappa shape index (κ3) is 4.73. The fourth-order valence-corrected chi connectivity index (χ4v) is 3.55. The van der Waals surface area contributed by atoms with E-state index in [9.17, 15) is 9.59 Å². The maximum Gasteiger partial charge on any atom is 0.343 e.